The summed E-state index contributed by atoms with van der Waals surface area (Å²) in [6.45, 7) is 3.92. The lowest BCUT2D eigenvalue weighted by atomic mass is 10.1. The molecule has 140 valence electrons. The first kappa shape index (κ1) is 18.4. The van der Waals surface area contributed by atoms with E-state index in [2.05, 4.69) is 15.5 Å². The number of nitrogens with zero attached hydrogens (tertiary/aromatic N) is 4. The lowest BCUT2D eigenvalue weighted by Gasteiger charge is -2.11. The van der Waals surface area contributed by atoms with Gasteiger partial charge in [0.15, 0.2) is 5.69 Å². The number of hydrogen-bond donors (Lipinski definition) is 2. The average molecular weight is 367 g/mol. The fourth-order valence-corrected chi connectivity index (χ4v) is 2.98. The second-order valence-electron chi connectivity index (χ2n) is 6.29. The highest BCUT2D eigenvalue weighted by Crippen LogP contribution is 2.21. The SMILES string of the molecule is Cc1nn(C)c(C)c1CCC(=O)Nc1ccccc1-n1ccc(C(=O)O)n1. The molecule has 0 aliphatic carbocycles. The molecule has 8 nitrogen and oxygen atoms in total. The maximum absolute atomic E-state index is 12.5. The largest absolute Gasteiger partial charge is 0.476 e. The van der Waals surface area contributed by atoms with Crippen LogP contribution in [0.25, 0.3) is 5.69 Å². The molecule has 0 fully saturated rings. The second-order valence-corrected chi connectivity index (χ2v) is 6.29. The molecule has 2 N–H and O–H groups in total. The molecule has 0 unspecified atom stereocenters. The van der Waals surface area contributed by atoms with E-state index in [4.69, 9.17) is 5.11 Å². The molecule has 2 aromatic heterocycles. The first-order chi connectivity index (χ1) is 12.9. The van der Waals surface area contributed by atoms with Gasteiger partial charge in [0, 0.05) is 25.4 Å². The number of carboxylic acids is 1. The molecular formula is C19H21N5O3. The Labute approximate surface area is 156 Å². The molecule has 27 heavy (non-hydrogen) atoms. The molecule has 0 radical (unpaired) electrons. The monoisotopic (exact) mass is 367 g/mol. The summed E-state index contributed by atoms with van der Waals surface area (Å²) in [4.78, 5) is 23.5. The molecule has 3 rings (SSSR count). The number of rotatable bonds is 6. The molecule has 0 bridgehead atoms. The zero-order chi connectivity index (χ0) is 19.6. The minimum Gasteiger partial charge on any atom is -0.476 e. The first-order valence-electron chi connectivity index (χ1n) is 8.54. The highest BCUT2D eigenvalue weighted by Gasteiger charge is 2.14. The summed E-state index contributed by atoms with van der Waals surface area (Å²) in [6, 6.07) is 8.54. The van der Waals surface area contributed by atoms with Crippen LogP contribution in [0, 0.1) is 13.8 Å². The van der Waals surface area contributed by atoms with Gasteiger partial charge in [-0.1, -0.05) is 12.1 Å². The van der Waals surface area contributed by atoms with Gasteiger partial charge in [0.05, 0.1) is 17.1 Å². The smallest absolute Gasteiger partial charge is 0.356 e. The van der Waals surface area contributed by atoms with Crippen molar-refractivity contribution in [3.63, 3.8) is 0 Å². The zero-order valence-corrected chi connectivity index (χ0v) is 15.4. The van der Waals surface area contributed by atoms with Crippen molar-refractivity contribution in [2.24, 2.45) is 7.05 Å². The normalized spacial score (nSPS) is 10.8. The predicted octanol–water partition coefficient (Wildman–Crippen LogP) is 2.49. The zero-order valence-electron chi connectivity index (χ0n) is 15.4. The summed E-state index contributed by atoms with van der Waals surface area (Å²) in [5.41, 5.74) is 4.19. The van der Waals surface area contributed by atoms with Gasteiger partial charge in [-0.05, 0) is 44.0 Å². The highest BCUT2D eigenvalue weighted by molar-refractivity contribution is 5.93. The Balaban J connectivity index is 1.73. The number of carboxylic acid groups (broad SMARTS) is 1. The standard InChI is InChI=1S/C19H21N5O3/c1-12-14(13(2)23(3)21-12)8-9-18(25)20-15-6-4-5-7-17(15)24-11-10-16(22-24)19(26)27/h4-7,10-11H,8-9H2,1-3H3,(H,20,25)(H,26,27). The van der Waals surface area contributed by atoms with Crippen LogP contribution >= 0.6 is 0 Å². The van der Waals surface area contributed by atoms with Gasteiger partial charge >= 0.3 is 5.97 Å². The summed E-state index contributed by atoms with van der Waals surface area (Å²) in [7, 11) is 1.89. The minimum atomic E-state index is -1.10. The number of para-hydroxylation sites is 2. The van der Waals surface area contributed by atoms with Crippen molar-refractivity contribution in [3.05, 3.63) is 59.2 Å². The van der Waals surface area contributed by atoms with Crippen molar-refractivity contribution in [2.45, 2.75) is 26.7 Å². The Morgan fingerprint density at radius 1 is 1.15 bits per heavy atom. The van der Waals surface area contributed by atoms with E-state index in [1.54, 1.807) is 30.5 Å². The molecular weight excluding hydrogens is 346 g/mol. The molecule has 0 saturated carbocycles. The van der Waals surface area contributed by atoms with Crippen LogP contribution in [0.4, 0.5) is 5.69 Å². The van der Waals surface area contributed by atoms with E-state index in [0.29, 0.717) is 24.2 Å². The summed E-state index contributed by atoms with van der Waals surface area (Å²) in [5, 5.41) is 20.3. The van der Waals surface area contributed by atoms with E-state index in [1.807, 2.05) is 25.6 Å². The number of anilines is 1. The molecule has 8 heteroatoms. The molecule has 0 aliphatic heterocycles. The number of amides is 1. The number of nitrogens with one attached hydrogen (secondary N) is 1. The fourth-order valence-electron chi connectivity index (χ4n) is 2.98. The second kappa shape index (κ2) is 7.45. The Morgan fingerprint density at radius 2 is 1.89 bits per heavy atom. The average Bonchev–Trinajstić information content (AvgIpc) is 3.20. The number of aromatic carboxylic acids is 1. The Kier molecular flexibility index (Phi) is 5.07. The van der Waals surface area contributed by atoms with Gasteiger partial charge in [-0.15, -0.1) is 0 Å². The van der Waals surface area contributed by atoms with Crippen LogP contribution in [0.2, 0.25) is 0 Å². The van der Waals surface area contributed by atoms with Crippen molar-refractivity contribution in [1.82, 2.24) is 19.6 Å². The first-order valence-corrected chi connectivity index (χ1v) is 8.54. The Bertz CT molecular complexity index is 1000. The lowest BCUT2D eigenvalue weighted by molar-refractivity contribution is -0.116. The fraction of sp³-hybridized carbons (Fsp3) is 0.263. The van der Waals surface area contributed by atoms with Crippen molar-refractivity contribution in [3.8, 4) is 5.69 Å². The topological polar surface area (TPSA) is 102 Å². The van der Waals surface area contributed by atoms with E-state index in [0.717, 1.165) is 17.0 Å². The van der Waals surface area contributed by atoms with Crippen LogP contribution in [-0.2, 0) is 18.3 Å². The molecule has 0 atom stereocenters. The van der Waals surface area contributed by atoms with Gasteiger partial charge in [0.1, 0.15) is 0 Å². The van der Waals surface area contributed by atoms with E-state index in [-0.39, 0.29) is 11.6 Å². The maximum Gasteiger partial charge on any atom is 0.356 e. The predicted molar refractivity (Wildman–Crippen MR) is 100 cm³/mol. The Hall–Kier alpha value is -3.42. The Morgan fingerprint density at radius 3 is 2.52 bits per heavy atom. The number of carbonyl (C=O) groups is 2. The van der Waals surface area contributed by atoms with Crippen LogP contribution in [0.1, 0.15) is 33.9 Å². The van der Waals surface area contributed by atoms with Gasteiger partial charge in [-0.2, -0.15) is 10.2 Å². The van der Waals surface area contributed by atoms with Crippen LogP contribution in [-0.4, -0.2) is 36.5 Å². The molecule has 0 spiro atoms. The minimum absolute atomic E-state index is 0.0568. The van der Waals surface area contributed by atoms with Crippen molar-refractivity contribution >= 4 is 17.6 Å². The lowest BCUT2D eigenvalue weighted by Crippen LogP contribution is -2.15. The quantitative estimate of drug-likeness (QED) is 0.697. The van der Waals surface area contributed by atoms with E-state index >= 15 is 0 Å². The number of benzene rings is 1. The van der Waals surface area contributed by atoms with Crippen LogP contribution < -0.4 is 5.32 Å². The molecule has 1 aromatic carbocycles. The van der Waals surface area contributed by atoms with E-state index in [1.165, 1.54) is 10.7 Å². The van der Waals surface area contributed by atoms with Crippen molar-refractivity contribution < 1.29 is 14.7 Å². The molecule has 3 aromatic rings. The van der Waals surface area contributed by atoms with Gasteiger partial charge < -0.3 is 10.4 Å². The third-order valence-corrected chi connectivity index (χ3v) is 4.49. The van der Waals surface area contributed by atoms with Crippen LogP contribution in [0.15, 0.2) is 36.5 Å². The third-order valence-electron chi connectivity index (χ3n) is 4.49. The summed E-state index contributed by atoms with van der Waals surface area (Å²) in [6.07, 6.45) is 2.47. The van der Waals surface area contributed by atoms with Crippen molar-refractivity contribution in [1.29, 1.82) is 0 Å². The molecule has 0 aliphatic rings. The number of aromatic nitrogens is 4. The molecule has 2 heterocycles. The third kappa shape index (κ3) is 3.89. The van der Waals surface area contributed by atoms with E-state index in [9.17, 15) is 9.59 Å². The van der Waals surface area contributed by atoms with Gasteiger partial charge in [-0.3, -0.25) is 9.48 Å². The van der Waals surface area contributed by atoms with Crippen LogP contribution in [0.3, 0.4) is 0 Å². The highest BCUT2D eigenvalue weighted by atomic mass is 16.4. The molecule has 1 amide bonds. The van der Waals surface area contributed by atoms with E-state index < -0.39 is 5.97 Å². The van der Waals surface area contributed by atoms with Crippen molar-refractivity contribution in [2.75, 3.05) is 5.32 Å². The number of aryl methyl sites for hydroxylation is 2. The summed E-state index contributed by atoms with van der Waals surface area (Å²) < 4.78 is 3.25. The van der Waals surface area contributed by atoms with Gasteiger partial charge in [-0.25, -0.2) is 9.48 Å². The summed E-state index contributed by atoms with van der Waals surface area (Å²) >= 11 is 0. The van der Waals surface area contributed by atoms with Gasteiger partial charge in [0.2, 0.25) is 5.91 Å². The number of carbonyl (C=O) groups excluding carboxylic acids is 1. The van der Waals surface area contributed by atoms with Gasteiger partial charge in [0.25, 0.3) is 0 Å². The summed E-state index contributed by atoms with van der Waals surface area (Å²) in [5.74, 6) is -1.23. The van der Waals surface area contributed by atoms with Crippen LogP contribution in [0.5, 0.6) is 0 Å². The maximum atomic E-state index is 12.5. The molecule has 0 saturated heterocycles. The number of hydrogen-bond acceptors (Lipinski definition) is 4.